The maximum Gasteiger partial charge on any atom is 0.254 e. The lowest BCUT2D eigenvalue weighted by molar-refractivity contribution is 0.0816. The Labute approximate surface area is 124 Å². The molecule has 6 nitrogen and oxygen atoms in total. The molecule has 1 aliphatic heterocycles. The fourth-order valence-electron chi connectivity index (χ4n) is 2.16. The number of carbonyl (C=O) groups is 1. The summed E-state index contributed by atoms with van der Waals surface area (Å²) in [6.07, 6.45) is 0. The summed E-state index contributed by atoms with van der Waals surface area (Å²) in [5.41, 5.74) is 1.62. The minimum absolute atomic E-state index is 0.00466. The first-order valence-corrected chi connectivity index (χ1v) is 6.83. The van der Waals surface area contributed by atoms with Crippen LogP contribution in [0.25, 0.3) is 0 Å². The second-order valence-corrected chi connectivity index (χ2v) is 4.80. The molecule has 0 spiro atoms. The number of amides is 1. The van der Waals surface area contributed by atoms with Gasteiger partial charge in [0.15, 0.2) is 11.5 Å². The van der Waals surface area contributed by atoms with E-state index in [9.17, 15) is 4.79 Å². The van der Waals surface area contributed by atoms with E-state index in [1.165, 1.54) is 0 Å². The van der Waals surface area contributed by atoms with Crippen LogP contribution in [-0.4, -0.2) is 58.5 Å². The monoisotopic (exact) mass is 295 g/mol. The maximum atomic E-state index is 12.0. The van der Waals surface area contributed by atoms with Gasteiger partial charge in [-0.1, -0.05) is 0 Å². The van der Waals surface area contributed by atoms with Gasteiger partial charge in [0.05, 0.1) is 13.2 Å². The van der Waals surface area contributed by atoms with Crippen molar-refractivity contribution >= 4 is 5.91 Å². The lowest BCUT2D eigenvalue weighted by Crippen LogP contribution is -2.17. The molecule has 116 valence electrons. The summed E-state index contributed by atoms with van der Waals surface area (Å²) in [6, 6.07) is 3.62. The van der Waals surface area contributed by atoms with Crippen LogP contribution in [0.2, 0.25) is 0 Å². The first-order chi connectivity index (χ1) is 10.2. The number of hydrogen-bond donors (Lipinski definition) is 0. The summed E-state index contributed by atoms with van der Waals surface area (Å²) < 4.78 is 21.3. The number of carbonyl (C=O) groups excluding carboxylic acids is 1. The third kappa shape index (κ3) is 3.65. The fourth-order valence-corrected chi connectivity index (χ4v) is 2.16. The fraction of sp³-hybridized carbons (Fsp3) is 0.533. The van der Waals surface area contributed by atoms with E-state index in [-0.39, 0.29) is 5.91 Å². The Morgan fingerprint density at radius 3 is 2.14 bits per heavy atom. The topological polar surface area (TPSA) is 57.2 Å². The molecule has 0 saturated heterocycles. The highest BCUT2D eigenvalue weighted by Crippen LogP contribution is 2.35. The molecule has 0 atom stereocenters. The molecule has 0 bridgehead atoms. The second kappa shape index (κ2) is 7.28. The zero-order chi connectivity index (χ0) is 15.2. The van der Waals surface area contributed by atoms with Gasteiger partial charge in [0.1, 0.15) is 13.2 Å². The van der Waals surface area contributed by atoms with Crippen molar-refractivity contribution in [1.29, 1.82) is 0 Å². The summed E-state index contributed by atoms with van der Waals surface area (Å²) in [4.78, 5) is 13.7. The lowest BCUT2D eigenvalue weighted by atomic mass is 10.1. The number of fused-ring (bicyclic) bond motifs is 1. The quantitative estimate of drug-likeness (QED) is 0.677. The number of benzene rings is 1. The largest absolute Gasteiger partial charge is 0.487 e. The molecule has 21 heavy (non-hydrogen) atoms. The van der Waals surface area contributed by atoms with Crippen molar-refractivity contribution in [1.82, 2.24) is 4.90 Å². The van der Waals surface area contributed by atoms with Crippen molar-refractivity contribution in [2.24, 2.45) is 0 Å². The van der Waals surface area contributed by atoms with Crippen molar-refractivity contribution in [2.45, 2.75) is 6.54 Å². The molecule has 1 heterocycles. The molecule has 0 radical (unpaired) electrons. The van der Waals surface area contributed by atoms with Crippen molar-refractivity contribution in [2.75, 3.05) is 47.7 Å². The minimum Gasteiger partial charge on any atom is -0.487 e. The summed E-state index contributed by atoms with van der Waals surface area (Å²) in [7, 11) is 5.01. The Kier molecular flexibility index (Phi) is 5.41. The van der Waals surface area contributed by atoms with E-state index in [2.05, 4.69) is 0 Å². The number of hydrogen-bond acceptors (Lipinski definition) is 5. The first-order valence-electron chi connectivity index (χ1n) is 6.83. The van der Waals surface area contributed by atoms with Gasteiger partial charge < -0.3 is 23.8 Å². The molecule has 1 aliphatic rings. The third-order valence-electron chi connectivity index (χ3n) is 3.24. The van der Waals surface area contributed by atoms with Gasteiger partial charge in [0.25, 0.3) is 5.91 Å². The smallest absolute Gasteiger partial charge is 0.254 e. The Morgan fingerprint density at radius 2 is 1.57 bits per heavy atom. The molecule has 1 aromatic carbocycles. The summed E-state index contributed by atoms with van der Waals surface area (Å²) in [6.45, 7) is 2.39. The SMILES string of the molecule is COCCOc1cc2c(cc1OCCOC)C(=O)N(C)C2. The van der Waals surface area contributed by atoms with Crippen LogP contribution in [0.3, 0.4) is 0 Å². The first kappa shape index (κ1) is 15.6. The Hall–Kier alpha value is -1.79. The van der Waals surface area contributed by atoms with Crippen molar-refractivity contribution in [3.63, 3.8) is 0 Å². The molecule has 0 aliphatic carbocycles. The van der Waals surface area contributed by atoms with Crippen LogP contribution in [0.4, 0.5) is 0 Å². The van der Waals surface area contributed by atoms with Crippen LogP contribution in [0.15, 0.2) is 12.1 Å². The zero-order valence-electron chi connectivity index (χ0n) is 12.7. The maximum absolute atomic E-state index is 12.0. The van der Waals surface area contributed by atoms with Crippen molar-refractivity contribution in [3.8, 4) is 11.5 Å². The molecule has 0 aromatic heterocycles. The van der Waals surface area contributed by atoms with Gasteiger partial charge >= 0.3 is 0 Å². The van der Waals surface area contributed by atoms with Crippen LogP contribution in [0.5, 0.6) is 11.5 Å². The van der Waals surface area contributed by atoms with E-state index in [0.29, 0.717) is 50.0 Å². The Balaban J connectivity index is 2.20. The minimum atomic E-state index is 0.00466. The van der Waals surface area contributed by atoms with Gasteiger partial charge in [0, 0.05) is 33.4 Å². The average Bonchev–Trinajstić information content (AvgIpc) is 2.74. The van der Waals surface area contributed by atoms with Crippen LogP contribution in [-0.2, 0) is 16.0 Å². The number of methoxy groups -OCH3 is 2. The Bertz CT molecular complexity index is 503. The Morgan fingerprint density at radius 1 is 1.00 bits per heavy atom. The van der Waals surface area contributed by atoms with Gasteiger partial charge in [-0.15, -0.1) is 0 Å². The predicted octanol–water partition coefficient (Wildman–Crippen LogP) is 1.32. The van der Waals surface area contributed by atoms with Crippen LogP contribution in [0, 0.1) is 0 Å². The van der Waals surface area contributed by atoms with E-state index in [0.717, 1.165) is 5.56 Å². The summed E-state index contributed by atoms with van der Waals surface area (Å²) >= 11 is 0. The molecule has 0 saturated carbocycles. The lowest BCUT2D eigenvalue weighted by Gasteiger charge is -2.14. The molecule has 1 aromatic rings. The molecule has 2 rings (SSSR count). The standard InChI is InChI=1S/C15H21NO5/c1-16-10-11-8-13(20-6-4-18-2)14(21-7-5-19-3)9-12(11)15(16)17/h8-9H,4-7,10H2,1-3H3. The molecule has 0 fully saturated rings. The van der Waals surface area contributed by atoms with E-state index in [1.54, 1.807) is 32.2 Å². The molecule has 0 N–H and O–H groups in total. The summed E-state index contributed by atoms with van der Waals surface area (Å²) in [5.74, 6) is 1.19. The van der Waals surface area contributed by atoms with Gasteiger partial charge in [0.2, 0.25) is 0 Å². The van der Waals surface area contributed by atoms with E-state index in [1.807, 2.05) is 6.07 Å². The normalized spacial score (nSPS) is 13.5. The van der Waals surface area contributed by atoms with Crippen LogP contribution >= 0.6 is 0 Å². The predicted molar refractivity (Wildman–Crippen MR) is 77.0 cm³/mol. The highest BCUT2D eigenvalue weighted by molar-refractivity contribution is 5.98. The van der Waals surface area contributed by atoms with E-state index >= 15 is 0 Å². The molecular weight excluding hydrogens is 274 g/mol. The van der Waals surface area contributed by atoms with Crippen LogP contribution in [0.1, 0.15) is 15.9 Å². The van der Waals surface area contributed by atoms with Crippen molar-refractivity contribution < 1.29 is 23.7 Å². The average molecular weight is 295 g/mol. The zero-order valence-corrected chi connectivity index (χ0v) is 12.7. The van der Waals surface area contributed by atoms with Crippen LogP contribution < -0.4 is 9.47 Å². The molecular formula is C15H21NO5. The van der Waals surface area contributed by atoms with E-state index < -0.39 is 0 Å². The third-order valence-corrected chi connectivity index (χ3v) is 3.24. The van der Waals surface area contributed by atoms with Gasteiger partial charge in [-0.3, -0.25) is 4.79 Å². The number of nitrogens with zero attached hydrogens (tertiary/aromatic N) is 1. The van der Waals surface area contributed by atoms with Gasteiger partial charge in [-0.2, -0.15) is 0 Å². The molecule has 0 unspecified atom stereocenters. The van der Waals surface area contributed by atoms with E-state index in [4.69, 9.17) is 18.9 Å². The van der Waals surface area contributed by atoms with Gasteiger partial charge in [-0.05, 0) is 17.7 Å². The highest BCUT2D eigenvalue weighted by atomic mass is 16.5. The number of ether oxygens (including phenoxy) is 4. The number of rotatable bonds is 8. The second-order valence-electron chi connectivity index (χ2n) is 4.80. The molecule has 6 heteroatoms. The van der Waals surface area contributed by atoms with Crippen molar-refractivity contribution in [3.05, 3.63) is 23.3 Å². The summed E-state index contributed by atoms with van der Waals surface area (Å²) in [5, 5.41) is 0. The molecule has 1 amide bonds. The highest BCUT2D eigenvalue weighted by Gasteiger charge is 2.27. The van der Waals surface area contributed by atoms with Gasteiger partial charge in [-0.25, -0.2) is 0 Å².